The third-order valence-corrected chi connectivity index (χ3v) is 4.59. The van der Waals surface area contributed by atoms with Gasteiger partial charge in [0.15, 0.2) is 0 Å². The number of aliphatic hydroxyl groups is 2. The van der Waals surface area contributed by atoms with Crippen LogP contribution in [0.5, 0.6) is 0 Å². The van der Waals surface area contributed by atoms with Gasteiger partial charge in [-0.1, -0.05) is 60.7 Å². The molecule has 6 heteroatoms. The number of hydrogen-bond acceptors (Lipinski definition) is 4. The number of carboxylic acid groups (broad SMARTS) is 2. The molecule has 0 radical (unpaired) electrons. The average molecular weight is 358 g/mol. The van der Waals surface area contributed by atoms with E-state index in [2.05, 4.69) is 0 Å². The lowest BCUT2D eigenvalue weighted by Gasteiger charge is -2.44. The number of benzene rings is 2. The molecule has 0 aliphatic rings. The van der Waals surface area contributed by atoms with Crippen LogP contribution in [0.1, 0.15) is 36.8 Å². The molecular weight excluding hydrogens is 336 g/mol. The summed E-state index contributed by atoms with van der Waals surface area (Å²) in [5, 5.41) is 41.2. The number of carboxylic acids is 2. The minimum Gasteiger partial charge on any atom is -0.481 e. The van der Waals surface area contributed by atoms with Crippen molar-refractivity contribution >= 4 is 11.9 Å². The van der Waals surface area contributed by atoms with Gasteiger partial charge in [-0.3, -0.25) is 9.59 Å². The fourth-order valence-electron chi connectivity index (χ4n) is 3.18. The van der Waals surface area contributed by atoms with E-state index in [9.17, 15) is 19.8 Å². The first-order valence-corrected chi connectivity index (χ1v) is 8.29. The molecule has 2 atom stereocenters. The predicted molar refractivity (Wildman–Crippen MR) is 94.4 cm³/mol. The standard InChI is InChI=1S/C20H22O6/c21-17(22)11-13-19(25,15-7-3-1-4-8-15)20(26,14-12-18(23)24)16-9-5-2-6-10-16/h1-10,25-26H,11-14H2,(H,21,22)(H,23,24). The van der Waals surface area contributed by atoms with Crippen molar-refractivity contribution in [2.45, 2.75) is 36.9 Å². The zero-order valence-corrected chi connectivity index (χ0v) is 14.2. The van der Waals surface area contributed by atoms with Gasteiger partial charge in [-0.05, 0) is 24.0 Å². The highest BCUT2D eigenvalue weighted by Gasteiger charge is 2.51. The summed E-state index contributed by atoms with van der Waals surface area (Å²) >= 11 is 0. The molecule has 0 heterocycles. The smallest absolute Gasteiger partial charge is 0.303 e. The monoisotopic (exact) mass is 358 g/mol. The van der Waals surface area contributed by atoms with Crippen molar-refractivity contribution in [1.82, 2.24) is 0 Å². The number of hydrogen-bond donors (Lipinski definition) is 4. The van der Waals surface area contributed by atoms with Crippen molar-refractivity contribution in [3.63, 3.8) is 0 Å². The summed E-state index contributed by atoms with van der Waals surface area (Å²) in [4.78, 5) is 22.2. The summed E-state index contributed by atoms with van der Waals surface area (Å²) in [6.45, 7) is 0. The van der Waals surface area contributed by atoms with Crippen molar-refractivity contribution < 1.29 is 30.0 Å². The van der Waals surface area contributed by atoms with E-state index in [1.54, 1.807) is 60.7 Å². The van der Waals surface area contributed by atoms with Crippen LogP contribution < -0.4 is 0 Å². The van der Waals surface area contributed by atoms with Crippen molar-refractivity contribution in [1.29, 1.82) is 0 Å². The van der Waals surface area contributed by atoms with E-state index in [0.717, 1.165) is 0 Å². The molecule has 26 heavy (non-hydrogen) atoms. The molecule has 0 saturated heterocycles. The number of aliphatic carboxylic acids is 2. The molecule has 2 aromatic carbocycles. The Balaban J connectivity index is 2.60. The average Bonchev–Trinajstić information content (AvgIpc) is 2.65. The minimum atomic E-state index is -1.97. The van der Waals surface area contributed by atoms with Crippen LogP contribution in [0.15, 0.2) is 60.7 Å². The highest BCUT2D eigenvalue weighted by atomic mass is 16.4. The summed E-state index contributed by atoms with van der Waals surface area (Å²) in [5.41, 5.74) is -3.27. The molecular formula is C20H22O6. The van der Waals surface area contributed by atoms with E-state index in [1.165, 1.54) is 0 Å². The first-order valence-electron chi connectivity index (χ1n) is 8.29. The van der Waals surface area contributed by atoms with Crippen molar-refractivity contribution in [2.75, 3.05) is 0 Å². The summed E-state index contributed by atoms with van der Waals surface area (Å²) in [6.07, 6.45) is -1.30. The molecule has 0 fully saturated rings. The molecule has 4 N–H and O–H groups in total. The molecule has 0 bridgehead atoms. The van der Waals surface area contributed by atoms with Crippen LogP contribution >= 0.6 is 0 Å². The van der Waals surface area contributed by atoms with Gasteiger partial charge in [0.05, 0.1) is 0 Å². The quantitative estimate of drug-likeness (QED) is 0.547. The van der Waals surface area contributed by atoms with Gasteiger partial charge in [0, 0.05) is 12.8 Å². The highest BCUT2D eigenvalue weighted by molar-refractivity contribution is 5.67. The van der Waals surface area contributed by atoms with Gasteiger partial charge in [0.25, 0.3) is 0 Å². The zero-order chi connectivity index (χ0) is 19.2. The molecule has 6 nitrogen and oxygen atoms in total. The third-order valence-electron chi connectivity index (χ3n) is 4.59. The lowest BCUT2D eigenvalue weighted by atomic mass is 9.69. The summed E-state index contributed by atoms with van der Waals surface area (Å²) in [5.74, 6) is -2.24. The second-order valence-electron chi connectivity index (χ2n) is 6.24. The van der Waals surface area contributed by atoms with Gasteiger partial charge in [-0.2, -0.15) is 0 Å². The van der Waals surface area contributed by atoms with Crippen LogP contribution in [0.3, 0.4) is 0 Å². The molecule has 2 aromatic rings. The maximum absolute atomic E-state index is 11.5. The Labute approximate surface area is 151 Å². The Hall–Kier alpha value is -2.70. The second-order valence-corrected chi connectivity index (χ2v) is 6.24. The largest absolute Gasteiger partial charge is 0.481 e. The first kappa shape index (κ1) is 19.6. The predicted octanol–water partition coefficient (Wildman–Crippen LogP) is 2.49. The Kier molecular flexibility index (Phi) is 6.13. The molecule has 0 spiro atoms. The minimum absolute atomic E-state index is 0.267. The van der Waals surface area contributed by atoms with Crippen molar-refractivity contribution in [3.05, 3.63) is 71.8 Å². The van der Waals surface area contributed by atoms with Crippen LogP contribution in [0, 0.1) is 0 Å². The normalized spacial score (nSPS) is 15.6. The van der Waals surface area contributed by atoms with Crippen LogP contribution in [-0.2, 0) is 20.8 Å². The molecule has 0 aromatic heterocycles. The Bertz CT molecular complexity index is 680. The van der Waals surface area contributed by atoms with Gasteiger partial charge in [-0.15, -0.1) is 0 Å². The molecule has 138 valence electrons. The molecule has 0 aliphatic heterocycles. The molecule has 0 amide bonds. The maximum Gasteiger partial charge on any atom is 0.303 e. The van der Waals surface area contributed by atoms with Gasteiger partial charge in [-0.25, -0.2) is 0 Å². The van der Waals surface area contributed by atoms with Gasteiger partial charge in [0.1, 0.15) is 11.2 Å². The van der Waals surface area contributed by atoms with Gasteiger partial charge >= 0.3 is 11.9 Å². The van der Waals surface area contributed by atoms with Crippen molar-refractivity contribution in [2.24, 2.45) is 0 Å². The number of carbonyl (C=O) groups is 2. The van der Waals surface area contributed by atoms with E-state index < -0.39 is 23.1 Å². The van der Waals surface area contributed by atoms with E-state index >= 15 is 0 Å². The van der Waals surface area contributed by atoms with Crippen LogP contribution in [0.4, 0.5) is 0 Å². The highest BCUT2D eigenvalue weighted by Crippen LogP contribution is 2.46. The SMILES string of the molecule is O=C(O)CCC(O)(c1ccccc1)C(O)(CCC(=O)O)c1ccccc1. The van der Waals surface area contributed by atoms with E-state index in [-0.39, 0.29) is 25.7 Å². The fourth-order valence-corrected chi connectivity index (χ4v) is 3.18. The third kappa shape index (κ3) is 4.09. The molecule has 2 rings (SSSR count). The van der Waals surface area contributed by atoms with E-state index in [1.807, 2.05) is 0 Å². The van der Waals surface area contributed by atoms with Crippen LogP contribution in [-0.4, -0.2) is 32.4 Å². The zero-order valence-electron chi connectivity index (χ0n) is 14.2. The molecule has 2 unspecified atom stereocenters. The molecule has 0 saturated carbocycles. The topological polar surface area (TPSA) is 115 Å². The molecule has 0 aliphatic carbocycles. The fraction of sp³-hybridized carbons (Fsp3) is 0.300. The van der Waals surface area contributed by atoms with Crippen molar-refractivity contribution in [3.8, 4) is 0 Å². The van der Waals surface area contributed by atoms with Gasteiger partial charge in [0.2, 0.25) is 0 Å². The Morgan fingerprint density at radius 3 is 1.23 bits per heavy atom. The van der Waals surface area contributed by atoms with Gasteiger partial charge < -0.3 is 20.4 Å². The van der Waals surface area contributed by atoms with E-state index in [4.69, 9.17) is 10.2 Å². The Morgan fingerprint density at radius 1 is 0.654 bits per heavy atom. The lowest BCUT2D eigenvalue weighted by molar-refractivity contribution is -0.181. The summed E-state index contributed by atoms with van der Waals surface area (Å²) in [6, 6.07) is 16.5. The summed E-state index contributed by atoms with van der Waals surface area (Å²) in [7, 11) is 0. The van der Waals surface area contributed by atoms with E-state index in [0.29, 0.717) is 11.1 Å². The summed E-state index contributed by atoms with van der Waals surface area (Å²) < 4.78 is 0. The first-order chi connectivity index (χ1) is 12.3. The number of rotatable bonds is 9. The maximum atomic E-state index is 11.5. The Morgan fingerprint density at radius 2 is 0.962 bits per heavy atom. The second kappa shape index (κ2) is 8.12. The van der Waals surface area contributed by atoms with Crippen LogP contribution in [0.2, 0.25) is 0 Å². The van der Waals surface area contributed by atoms with Crippen LogP contribution in [0.25, 0.3) is 0 Å². The lowest BCUT2D eigenvalue weighted by Crippen LogP contribution is -2.50.